The molecular weight excluding hydrogens is 306 g/mol. The third kappa shape index (κ3) is 5.97. The first kappa shape index (κ1) is 20.8. The predicted molar refractivity (Wildman–Crippen MR) is 111 cm³/mol. The van der Waals surface area contributed by atoms with E-state index in [1.54, 1.807) is 7.11 Å². The Labute approximate surface area is 154 Å². The van der Waals surface area contributed by atoms with Gasteiger partial charge in [0.05, 0.1) is 7.11 Å². The van der Waals surface area contributed by atoms with E-state index in [1.165, 1.54) is 17.1 Å². The van der Waals surface area contributed by atoms with Crippen molar-refractivity contribution < 1.29 is 4.74 Å². The zero-order valence-electron chi connectivity index (χ0n) is 16.5. The normalized spacial score (nSPS) is 14.9. The summed E-state index contributed by atoms with van der Waals surface area (Å²) in [4.78, 5) is 2.40. The maximum atomic E-state index is 5.27. The van der Waals surface area contributed by atoms with Gasteiger partial charge in [0, 0.05) is 17.1 Å². The van der Waals surface area contributed by atoms with Crippen molar-refractivity contribution in [2.75, 3.05) is 12.0 Å². The average molecular weight is 340 g/mol. The van der Waals surface area contributed by atoms with Gasteiger partial charge in [-0.3, -0.25) is 0 Å². The molecule has 0 saturated carbocycles. The minimum Gasteiger partial charge on any atom is -0.497 e. The van der Waals surface area contributed by atoms with Gasteiger partial charge < -0.3 is 9.64 Å². The van der Waals surface area contributed by atoms with Crippen LogP contribution in [0, 0.1) is 0 Å². The van der Waals surface area contributed by atoms with Crippen LogP contribution in [0.15, 0.2) is 72.1 Å². The van der Waals surface area contributed by atoms with Crippen LogP contribution < -0.4 is 9.64 Å². The smallest absolute Gasteiger partial charge is 0.119 e. The molecule has 0 amide bonds. The number of anilines is 1. The fourth-order valence-corrected chi connectivity index (χ4v) is 2.80. The molecule has 1 aromatic carbocycles. The summed E-state index contributed by atoms with van der Waals surface area (Å²) in [5.74, 6) is 0.897. The Morgan fingerprint density at radius 3 is 1.60 bits per heavy atom. The van der Waals surface area contributed by atoms with Crippen LogP contribution in [0.4, 0.5) is 5.69 Å². The molecule has 136 valence electrons. The van der Waals surface area contributed by atoms with E-state index in [4.69, 9.17) is 4.74 Å². The van der Waals surface area contributed by atoms with Gasteiger partial charge in [-0.2, -0.15) is 0 Å². The van der Waals surface area contributed by atoms with E-state index in [2.05, 4.69) is 53.5 Å². The minimum atomic E-state index is 0.897. The second-order valence-corrected chi connectivity index (χ2v) is 5.28. The van der Waals surface area contributed by atoms with E-state index in [9.17, 15) is 0 Å². The monoisotopic (exact) mass is 339 g/mol. The standard InChI is InChI=1S/C19H21NO.2C2H6/c1-21-19-14-12-18(13-15-19)20(16-8-4-2-5-9-16)17-10-6-3-7-11-17;2*1-2/h2-4,6,8,10,12-15H,5,7,9,11H2,1H3;2*1-2H3. The van der Waals surface area contributed by atoms with Crippen molar-refractivity contribution in [2.24, 2.45) is 0 Å². The van der Waals surface area contributed by atoms with Gasteiger partial charge in [-0.05, 0) is 62.1 Å². The molecule has 0 fully saturated rings. The summed E-state index contributed by atoms with van der Waals surface area (Å²) in [5.41, 5.74) is 3.94. The summed E-state index contributed by atoms with van der Waals surface area (Å²) in [6.45, 7) is 8.00. The number of benzene rings is 1. The Morgan fingerprint density at radius 2 is 1.24 bits per heavy atom. The molecule has 0 aromatic heterocycles. The Morgan fingerprint density at radius 1 is 0.760 bits per heavy atom. The van der Waals surface area contributed by atoms with E-state index in [-0.39, 0.29) is 0 Å². The molecular formula is C23H33NO. The van der Waals surface area contributed by atoms with Crippen LogP contribution in [0.25, 0.3) is 0 Å². The van der Waals surface area contributed by atoms with Gasteiger partial charge in [-0.15, -0.1) is 0 Å². The lowest BCUT2D eigenvalue weighted by Gasteiger charge is -2.31. The first-order chi connectivity index (χ1) is 12.4. The van der Waals surface area contributed by atoms with Crippen molar-refractivity contribution in [3.05, 3.63) is 72.1 Å². The molecule has 2 aliphatic rings. The number of hydrogen-bond donors (Lipinski definition) is 0. The van der Waals surface area contributed by atoms with Crippen molar-refractivity contribution in [1.82, 2.24) is 0 Å². The van der Waals surface area contributed by atoms with Gasteiger partial charge in [0.1, 0.15) is 5.75 Å². The fraction of sp³-hybridized carbons (Fsp3) is 0.391. The predicted octanol–water partition coefficient (Wildman–Crippen LogP) is 7.02. The van der Waals surface area contributed by atoms with Crippen molar-refractivity contribution in [3.8, 4) is 5.75 Å². The highest BCUT2D eigenvalue weighted by atomic mass is 16.5. The van der Waals surface area contributed by atoms with Crippen LogP contribution in [-0.4, -0.2) is 7.11 Å². The van der Waals surface area contributed by atoms with Gasteiger partial charge >= 0.3 is 0 Å². The average Bonchev–Trinajstić information content (AvgIpc) is 2.73. The largest absolute Gasteiger partial charge is 0.497 e. The van der Waals surface area contributed by atoms with E-state index in [0.29, 0.717) is 0 Å². The van der Waals surface area contributed by atoms with E-state index >= 15 is 0 Å². The summed E-state index contributed by atoms with van der Waals surface area (Å²) in [6, 6.07) is 8.33. The number of allylic oxidation sites excluding steroid dienone is 8. The van der Waals surface area contributed by atoms with Crippen LogP contribution in [0.2, 0.25) is 0 Å². The summed E-state index contributed by atoms with van der Waals surface area (Å²) < 4.78 is 5.27. The van der Waals surface area contributed by atoms with Crippen LogP contribution in [0.3, 0.4) is 0 Å². The molecule has 0 bridgehead atoms. The third-order valence-corrected chi connectivity index (χ3v) is 3.89. The van der Waals surface area contributed by atoms with Crippen molar-refractivity contribution in [2.45, 2.75) is 53.4 Å². The van der Waals surface area contributed by atoms with Gasteiger partial charge in [0.15, 0.2) is 0 Å². The van der Waals surface area contributed by atoms with Crippen LogP contribution in [0.5, 0.6) is 5.75 Å². The van der Waals surface area contributed by atoms with Crippen molar-refractivity contribution in [3.63, 3.8) is 0 Å². The molecule has 0 N–H and O–H groups in total. The SMILES string of the molecule is CC.CC.COc1ccc(N(C2=CC=CCC2)C2=CC=CCC2)cc1. The Hall–Kier alpha value is -2.22. The minimum absolute atomic E-state index is 0.897. The molecule has 0 radical (unpaired) electrons. The molecule has 3 rings (SSSR count). The zero-order chi connectivity index (χ0) is 18.5. The number of ether oxygens (including phenoxy) is 1. The van der Waals surface area contributed by atoms with Gasteiger partial charge in [0.25, 0.3) is 0 Å². The molecule has 2 nitrogen and oxygen atoms in total. The number of nitrogens with zero attached hydrogens (tertiary/aromatic N) is 1. The molecule has 0 saturated heterocycles. The molecule has 25 heavy (non-hydrogen) atoms. The second-order valence-electron chi connectivity index (χ2n) is 5.28. The fourth-order valence-electron chi connectivity index (χ4n) is 2.80. The maximum absolute atomic E-state index is 5.27. The topological polar surface area (TPSA) is 12.5 Å². The lowest BCUT2D eigenvalue weighted by atomic mass is 10.0. The number of rotatable bonds is 4. The highest BCUT2D eigenvalue weighted by molar-refractivity contribution is 5.60. The Balaban J connectivity index is 0.000000730. The van der Waals surface area contributed by atoms with Gasteiger partial charge in [-0.1, -0.05) is 52.0 Å². The number of methoxy groups -OCH3 is 1. The lowest BCUT2D eigenvalue weighted by Crippen LogP contribution is -2.23. The summed E-state index contributed by atoms with van der Waals surface area (Å²) in [7, 11) is 1.70. The van der Waals surface area contributed by atoms with E-state index in [0.717, 1.165) is 31.4 Å². The molecule has 0 atom stereocenters. The molecule has 0 spiro atoms. The lowest BCUT2D eigenvalue weighted by molar-refractivity contribution is 0.415. The van der Waals surface area contributed by atoms with Crippen molar-refractivity contribution >= 4 is 5.69 Å². The van der Waals surface area contributed by atoms with Crippen LogP contribution >= 0.6 is 0 Å². The highest BCUT2D eigenvalue weighted by Gasteiger charge is 2.17. The Kier molecular flexibility index (Phi) is 10.2. The molecule has 0 aliphatic heterocycles. The maximum Gasteiger partial charge on any atom is 0.119 e. The molecule has 2 heteroatoms. The molecule has 0 heterocycles. The van der Waals surface area contributed by atoms with Gasteiger partial charge in [0.2, 0.25) is 0 Å². The second kappa shape index (κ2) is 12.2. The molecule has 2 aliphatic carbocycles. The quantitative estimate of drug-likeness (QED) is 0.584. The van der Waals surface area contributed by atoms with Gasteiger partial charge in [-0.25, -0.2) is 0 Å². The number of hydrogen-bond acceptors (Lipinski definition) is 2. The van der Waals surface area contributed by atoms with Crippen LogP contribution in [-0.2, 0) is 0 Å². The molecule has 0 unspecified atom stereocenters. The highest BCUT2D eigenvalue weighted by Crippen LogP contribution is 2.32. The summed E-state index contributed by atoms with van der Waals surface area (Å²) in [6.07, 6.45) is 17.6. The van der Waals surface area contributed by atoms with E-state index < -0.39 is 0 Å². The Bertz CT molecular complexity index is 573. The first-order valence-corrected chi connectivity index (χ1v) is 9.54. The van der Waals surface area contributed by atoms with E-state index in [1.807, 2.05) is 39.8 Å². The molecule has 1 aromatic rings. The van der Waals surface area contributed by atoms with Crippen molar-refractivity contribution in [1.29, 1.82) is 0 Å². The summed E-state index contributed by atoms with van der Waals surface area (Å²) in [5, 5.41) is 0. The van der Waals surface area contributed by atoms with Crippen LogP contribution in [0.1, 0.15) is 53.4 Å². The first-order valence-electron chi connectivity index (χ1n) is 9.54. The zero-order valence-corrected chi connectivity index (χ0v) is 16.5. The third-order valence-electron chi connectivity index (χ3n) is 3.89. The summed E-state index contributed by atoms with van der Waals surface area (Å²) >= 11 is 0.